The molecule has 1 fully saturated rings. The smallest absolute Gasteiger partial charge is 0.344 e. The fourth-order valence-corrected chi connectivity index (χ4v) is 4.34. The van der Waals surface area contributed by atoms with E-state index in [1.807, 2.05) is 11.0 Å². The second-order valence-electron chi connectivity index (χ2n) is 7.66. The summed E-state index contributed by atoms with van der Waals surface area (Å²) < 4.78 is 16.5. The van der Waals surface area contributed by atoms with E-state index in [-0.39, 0.29) is 28.5 Å². The monoisotopic (exact) mass is 446 g/mol. The average molecular weight is 446 g/mol. The predicted octanol–water partition coefficient (Wildman–Crippen LogP) is 2.76. The van der Waals surface area contributed by atoms with Crippen molar-refractivity contribution in [2.24, 2.45) is 5.73 Å². The first-order valence-corrected chi connectivity index (χ1v) is 10.2. The van der Waals surface area contributed by atoms with Crippen LogP contribution >= 0.6 is 0 Å². The molecule has 0 spiro atoms. The molecular formula is C23H18N4O6. The fraction of sp³-hybridized carbons (Fsp3) is 0.217. The standard InChI is InChI=1S/C23H18N4O6/c24-12-15-19(13-5-6-16(17(11-13)27(29)30)26-7-9-31-10-8-26)20-21(33-22(15)25)14-3-1-2-4-18(14)32-23(20)28/h1-6,11,19H,7-10,25H2/t19-/m0/s1. The van der Waals surface area contributed by atoms with Gasteiger partial charge < -0.3 is 24.5 Å². The Morgan fingerprint density at radius 2 is 1.94 bits per heavy atom. The summed E-state index contributed by atoms with van der Waals surface area (Å²) in [5.41, 5.74) is 6.41. The van der Waals surface area contributed by atoms with Gasteiger partial charge in [-0.2, -0.15) is 5.26 Å². The maximum absolute atomic E-state index is 13.0. The van der Waals surface area contributed by atoms with Crippen LogP contribution in [0.3, 0.4) is 0 Å². The summed E-state index contributed by atoms with van der Waals surface area (Å²) in [7, 11) is 0. The van der Waals surface area contributed by atoms with Crippen LogP contribution in [0.15, 0.2) is 63.1 Å². The number of morpholine rings is 1. The number of nitriles is 1. The van der Waals surface area contributed by atoms with Gasteiger partial charge in [0.05, 0.1) is 35.0 Å². The van der Waals surface area contributed by atoms with Gasteiger partial charge in [-0.1, -0.05) is 18.2 Å². The van der Waals surface area contributed by atoms with E-state index in [1.165, 1.54) is 6.07 Å². The molecule has 0 aliphatic carbocycles. The van der Waals surface area contributed by atoms with Crippen molar-refractivity contribution < 1.29 is 18.8 Å². The van der Waals surface area contributed by atoms with Crippen LogP contribution in [0.4, 0.5) is 11.4 Å². The van der Waals surface area contributed by atoms with Crippen LogP contribution in [0.1, 0.15) is 17.0 Å². The van der Waals surface area contributed by atoms with E-state index in [1.54, 1.807) is 36.4 Å². The molecule has 33 heavy (non-hydrogen) atoms. The maximum atomic E-state index is 13.0. The minimum Gasteiger partial charge on any atom is -0.439 e. The Bertz CT molecular complexity index is 1410. The lowest BCUT2D eigenvalue weighted by Crippen LogP contribution is -2.36. The van der Waals surface area contributed by atoms with Crippen LogP contribution in [0.25, 0.3) is 11.0 Å². The third-order valence-electron chi connectivity index (χ3n) is 5.86. The highest BCUT2D eigenvalue weighted by Crippen LogP contribution is 2.45. The summed E-state index contributed by atoms with van der Waals surface area (Å²) in [5.74, 6) is -0.953. The zero-order valence-electron chi connectivity index (χ0n) is 17.3. The summed E-state index contributed by atoms with van der Waals surface area (Å²) in [5, 5.41) is 22.3. The molecule has 1 atom stereocenters. The average Bonchev–Trinajstić information content (AvgIpc) is 2.83. The van der Waals surface area contributed by atoms with Crippen LogP contribution in [0, 0.1) is 21.4 Å². The van der Waals surface area contributed by atoms with Gasteiger partial charge in [-0.25, -0.2) is 4.79 Å². The number of allylic oxidation sites excluding steroid dienone is 1. The van der Waals surface area contributed by atoms with E-state index >= 15 is 0 Å². The third-order valence-corrected chi connectivity index (χ3v) is 5.86. The number of rotatable bonds is 3. The SMILES string of the molecule is N#CC1=C(N)Oc2c(c(=O)oc3ccccc23)[C@H]1c1ccc(N2CCOCC2)c([N+](=O)[O-])c1. The van der Waals surface area contributed by atoms with Crippen molar-refractivity contribution in [1.29, 1.82) is 5.26 Å². The molecule has 10 heteroatoms. The topological polar surface area (TPSA) is 145 Å². The Labute approximate surface area is 187 Å². The molecule has 0 unspecified atom stereocenters. The lowest BCUT2D eigenvalue weighted by atomic mass is 9.83. The van der Waals surface area contributed by atoms with Crippen molar-refractivity contribution in [2.75, 3.05) is 31.2 Å². The maximum Gasteiger partial charge on any atom is 0.344 e. The molecule has 0 radical (unpaired) electrons. The first kappa shape index (κ1) is 20.5. The van der Waals surface area contributed by atoms with E-state index in [2.05, 4.69) is 0 Å². The van der Waals surface area contributed by atoms with Crippen molar-refractivity contribution >= 4 is 22.3 Å². The number of ether oxygens (including phenoxy) is 2. The molecule has 2 N–H and O–H groups in total. The molecule has 1 saturated heterocycles. The highest BCUT2D eigenvalue weighted by atomic mass is 16.6. The van der Waals surface area contributed by atoms with Gasteiger partial charge in [-0.3, -0.25) is 10.1 Å². The van der Waals surface area contributed by atoms with Crippen LogP contribution in [-0.2, 0) is 4.74 Å². The van der Waals surface area contributed by atoms with E-state index in [0.717, 1.165) is 0 Å². The Kier molecular flexibility index (Phi) is 4.95. The fourth-order valence-electron chi connectivity index (χ4n) is 4.34. The lowest BCUT2D eigenvalue weighted by Gasteiger charge is -2.29. The van der Waals surface area contributed by atoms with Crippen molar-refractivity contribution in [3.8, 4) is 11.8 Å². The highest BCUT2D eigenvalue weighted by molar-refractivity contribution is 5.86. The molecule has 3 heterocycles. The number of fused-ring (bicyclic) bond motifs is 3. The largest absolute Gasteiger partial charge is 0.439 e. The molecule has 0 amide bonds. The summed E-state index contributed by atoms with van der Waals surface area (Å²) in [6.45, 7) is 1.98. The molecule has 2 aliphatic rings. The highest BCUT2D eigenvalue weighted by Gasteiger charge is 2.36. The zero-order valence-corrected chi connectivity index (χ0v) is 17.3. The molecule has 3 aromatic rings. The Hall–Kier alpha value is -4.36. The van der Waals surface area contributed by atoms with Gasteiger partial charge in [0.2, 0.25) is 5.88 Å². The first-order chi connectivity index (χ1) is 16.0. The molecule has 0 bridgehead atoms. The van der Waals surface area contributed by atoms with Gasteiger partial charge in [0.25, 0.3) is 5.69 Å². The normalized spacial score (nSPS) is 17.9. The second kappa shape index (κ2) is 7.96. The number of benzene rings is 2. The van der Waals surface area contributed by atoms with E-state index < -0.39 is 16.5 Å². The van der Waals surface area contributed by atoms with Gasteiger partial charge in [0.15, 0.2) is 5.75 Å². The van der Waals surface area contributed by atoms with Crippen LogP contribution in [0.2, 0.25) is 0 Å². The van der Waals surface area contributed by atoms with Gasteiger partial charge in [0, 0.05) is 19.2 Å². The van der Waals surface area contributed by atoms with Gasteiger partial charge in [0.1, 0.15) is 22.9 Å². The Morgan fingerprint density at radius 1 is 1.18 bits per heavy atom. The predicted molar refractivity (Wildman–Crippen MR) is 118 cm³/mol. The minimum atomic E-state index is -0.975. The molecule has 2 aliphatic heterocycles. The van der Waals surface area contributed by atoms with Crippen LogP contribution in [-0.4, -0.2) is 31.2 Å². The van der Waals surface area contributed by atoms with E-state index in [4.69, 9.17) is 19.6 Å². The molecule has 1 aromatic heterocycles. The Morgan fingerprint density at radius 3 is 2.67 bits per heavy atom. The van der Waals surface area contributed by atoms with Gasteiger partial charge in [-0.05, 0) is 23.8 Å². The van der Waals surface area contributed by atoms with Crippen molar-refractivity contribution in [3.63, 3.8) is 0 Å². The number of para-hydroxylation sites is 1. The van der Waals surface area contributed by atoms with Crippen LogP contribution < -0.4 is 21.0 Å². The number of nitro groups is 1. The summed E-state index contributed by atoms with van der Waals surface area (Å²) in [6.07, 6.45) is 0. The molecule has 10 nitrogen and oxygen atoms in total. The van der Waals surface area contributed by atoms with Crippen molar-refractivity contribution in [1.82, 2.24) is 0 Å². The molecular weight excluding hydrogens is 428 g/mol. The Balaban J connectivity index is 1.73. The van der Waals surface area contributed by atoms with Crippen LogP contribution in [0.5, 0.6) is 5.75 Å². The summed E-state index contributed by atoms with van der Waals surface area (Å²) in [4.78, 5) is 26.3. The molecule has 0 saturated carbocycles. The first-order valence-electron chi connectivity index (χ1n) is 10.2. The molecule has 2 aromatic carbocycles. The lowest BCUT2D eigenvalue weighted by molar-refractivity contribution is -0.384. The van der Waals surface area contributed by atoms with Crippen molar-refractivity contribution in [3.05, 3.63) is 85.6 Å². The van der Waals surface area contributed by atoms with E-state index in [9.17, 15) is 20.2 Å². The second-order valence-corrected chi connectivity index (χ2v) is 7.66. The van der Waals surface area contributed by atoms with Gasteiger partial charge >= 0.3 is 5.63 Å². The van der Waals surface area contributed by atoms with E-state index in [0.29, 0.717) is 48.5 Å². The zero-order chi connectivity index (χ0) is 23.1. The number of hydrogen-bond donors (Lipinski definition) is 1. The molecule has 166 valence electrons. The number of nitrogens with zero attached hydrogens (tertiary/aromatic N) is 3. The quantitative estimate of drug-likeness (QED) is 0.364. The number of anilines is 1. The minimum absolute atomic E-state index is 0.0153. The number of nitrogens with two attached hydrogens (primary N) is 1. The molecule has 5 rings (SSSR count). The van der Waals surface area contributed by atoms with Crippen molar-refractivity contribution in [2.45, 2.75) is 5.92 Å². The summed E-state index contributed by atoms with van der Waals surface area (Å²) >= 11 is 0. The van der Waals surface area contributed by atoms with Gasteiger partial charge in [-0.15, -0.1) is 0 Å². The number of hydrogen-bond acceptors (Lipinski definition) is 9. The summed E-state index contributed by atoms with van der Waals surface area (Å²) in [6, 6.07) is 13.5. The third kappa shape index (κ3) is 3.35. The number of nitro benzene ring substituents is 1.